The molecular formula is C25H18N6O2. The van der Waals surface area contributed by atoms with Gasteiger partial charge in [-0.3, -0.25) is 9.97 Å². The SMILES string of the molecule is COc1ccc(Cc2nc3c4c(-c5ccccn5)c(-c5ccccn5)oc4ncn3n2)cc1. The normalized spacial score (nSPS) is 11.3. The van der Waals surface area contributed by atoms with Crippen molar-refractivity contribution in [1.29, 1.82) is 0 Å². The van der Waals surface area contributed by atoms with E-state index >= 15 is 0 Å². The third-order valence-corrected chi connectivity index (χ3v) is 5.41. The Bertz CT molecular complexity index is 1560. The van der Waals surface area contributed by atoms with Crippen molar-refractivity contribution in [2.45, 2.75) is 6.42 Å². The highest BCUT2D eigenvalue weighted by Gasteiger charge is 2.24. The lowest BCUT2D eigenvalue weighted by molar-refractivity contribution is 0.414. The van der Waals surface area contributed by atoms with Crippen molar-refractivity contribution in [1.82, 2.24) is 29.5 Å². The van der Waals surface area contributed by atoms with E-state index in [9.17, 15) is 0 Å². The molecule has 0 saturated carbocycles. The molecule has 6 rings (SSSR count). The summed E-state index contributed by atoms with van der Waals surface area (Å²) in [6, 6.07) is 19.3. The second-order valence-corrected chi connectivity index (χ2v) is 7.48. The largest absolute Gasteiger partial charge is 0.497 e. The molecule has 0 N–H and O–H groups in total. The summed E-state index contributed by atoms with van der Waals surface area (Å²) < 4.78 is 13.1. The molecule has 6 aromatic rings. The number of hydrogen-bond acceptors (Lipinski definition) is 7. The smallest absolute Gasteiger partial charge is 0.232 e. The summed E-state index contributed by atoms with van der Waals surface area (Å²) in [6.07, 6.45) is 5.69. The second-order valence-electron chi connectivity index (χ2n) is 7.48. The molecule has 1 aromatic carbocycles. The lowest BCUT2D eigenvalue weighted by Crippen LogP contribution is -1.93. The minimum atomic E-state index is 0.465. The summed E-state index contributed by atoms with van der Waals surface area (Å²) in [5.74, 6) is 2.10. The van der Waals surface area contributed by atoms with Gasteiger partial charge in [-0.2, -0.15) is 0 Å². The highest BCUT2D eigenvalue weighted by molar-refractivity contribution is 6.06. The number of ether oxygens (including phenoxy) is 1. The summed E-state index contributed by atoms with van der Waals surface area (Å²) in [5, 5.41) is 5.41. The molecule has 0 unspecified atom stereocenters. The zero-order valence-electron chi connectivity index (χ0n) is 17.7. The Labute approximate surface area is 188 Å². The number of nitrogens with zero attached hydrogens (tertiary/aromatic N) is 6. The molecule has 0 aliphatic heterocycles. The van der Waals surface area contributed by atoms with Crippen LogP contribution < -0.4 is 4.74 Å². The van der Waals surface area contributed by atoms with Crippen LogP contribution in [-0.2, 0) is 6.42 Å². The van der Waals surface area contributed by atoms with Crippen LogP contribution in [0.3, 0.4) is 0 Å². The van der Waals surface area contributed by atoms with Crippen LogP contribution in [-0.4, -0.2) is 36.7 Å². The van der Waals surface area contributed by atoms with E-state index in [4.69, 9.17) is 14.1 Å². The quantitative estimate of drug-likeness (QED) is 0.392. The predicted molar refractivity (Wildman–Crippen MR) is 123 cm³/mol. The Hall–Kier alpha value is -4.59. The Kier molecular flexibility index (Phi) is 4.54. The van der Waals surface area contributed by atoms with Crippen LogP contribution in [0.4, 0.5) is 0 Å². The molecular weight excluding hydrogens is 416 g/mol. The highest BCUT2D eigenvalue weighted by atomic mass is 16.5. The molecule has 0 saturated heterocycles. The van der Waals surface area contributed by atoms with Gasteiger partial charge in [0.2, 0.25) is 5.71 Å². The van der Waals surface area contributed by atoms with Gasteiger partial charge in [-0.15, -0.1) is 5.10 Å². The minimum absolute atomic E-state index is 0.465. The fraction of sp³-hybridized carbons (Fsp3) is 0.0800. The Morgan fingerprint density at radius 1 is 0.879 bits per heavy atom. The third-order valence-electron chi connectivity index (χ3n) is 5.41. The second kappa shape index (κ2) is 7.83. The first-order chi connectivity index (χ1) is 16.3. The molecule has 0 spiro atoms. The standard InChI is InChI=1S/C25H18N6O2/c1-32-17-10-8-16(9-11-17)14-20-29-24-22-21(18-6-2-4-12-26-18)23(19-7-3-5-13-27-19)33-25(22)28-15-31(24)30-20/h2-13,15H,14H2,1H3. The van der Waals surface area contributed by atoms with E-state index in [1.807, 2.05) is 60.7 Å². The van der Waals surface area contributed by atoms with E-state index in [-0.39, 0.29) is 0 Å². The van der Waals surface area contributed by atoms with Crippen molar-refractivity contribution in [3.05, 3.63) is 90.8 Å². The van der Waals surface area contributed by atoms with Gasteiger partial charge in [0.1, 0.15) is 17.8 Å². The Morgan fingerprint density at radius 2 is 1.64 bits per heavy atom. The van der Waals surface area contributed by atoms with Crippen LogP contribution in [0.2, 0.25) is 0 Å². The third kappa shape index (κ3) is 3.38. The van der Waals surface area contributed by atoms with Crippen LogP contribution in [0, 0.1) is 0 Å². The monoisotopic (exact) mass is 434 g/mol. The summed E-state index contributed by atoms with van der Waals surface area (Å²) in [5.41, 5.74) is 4.47. The van der Waals surface area contributed by atoms with Crippen molar-refractivity contribution in [2.24, 2.45) is 0 Å². The van der Waals surface area contributed by atoms with E-state index in [1.165, 1.54) is 0 Å². The molecule has 8 heteroatoms. The number of rotatable bonds is 5. The number of pyridine rings is 2. The molecule has 0 amide bonds. The first-order valence-electron chi connectivity index (χ1n) is 10.4. The van der Waals surface area contributed by atoms with E-state index in [0.717, 1.165) is 28.0 Å². The van der Waals surface area contributed by atoms with Gasteiger partial charge in [0.25, 0.3) is 0 Å². The molecule has 5 aromatic heterocycles. The van der Waals surface area contributed by atoms with Crippen molar-refractivity contribution < 1.29 is 9.15 Å². The fourth-order valence-corrected chi connectivity index (χ4v) is 3.88. The molecule has 8 nitrogen and oxygen atoms in total. The Balaban J connectivity index is 1.55. The van der Waals surface area contributed by atoms with Gasteiger partial charge >= 0.3 is 0 Å². The summed E-state index contributed by atoms with van der Waals surface area (Å²) in [4.78, 5) is 18.4. The number of aromatic nitrogens is 6. The lowest BCUT2D eigenvalue weighted by Gasteiger charge is -2.02. The van der Waals surface area contributed by atoms with Crippen LogP contribution in [0.25, 0.3) is 39.5 Å². The molecule has 0 fully saturated rings. The van der Waals surface area contributed by atoms with Gasteiger partial charge in [-0.05, 0) is 42.0 Å². The van der Waals surface area contributed by atoms with E-state index in [0.29, 0.717) is 35.1 Å². The molecule has 0 atom stereocenters. The molecule has 0 bridgehead atoms. The van der Waals surface area contributed by atoms with Crippen molar-refractivity contribution >= 4 is 16.7 Å². The topological polar surface area (TPSA) is 91.2 Å². The van der Waals surface area contributed by atoms with Gasteiger partial charge in [-0.25, -0.2) is 14.5 Å². The lowest BCUT2D eigenvalue weighted by atomic mass is 10.1. The molecule has 33 heavy (non-hydrogen) atoms. The van der Waals surface area contributed by atoms with Gasteiger partial charge in [0.05, 0.1) is 23.8 Å². The van der Waals surface area contributed by atoms with Crippen LogP contribution in [0.5, 0.6) is 5.75 Å². The zero-order chi connectivity index (χ0) is 22.2. The summed E-state index contributed by atoms with van der Waals surface area (Å²) in [6.45, 7) is 0. The average Bonchev–Trinajstić information content (AvgIpc) is 3.46. The number of furan rings is 1. The van der Waals surface area contributed by atoms with E-state index < -0.39 is 0 Å². The summed E-state index contributed by atoms with van der Waals surface area (Å²) >= 11 is 0. The van der Waals surface area contributed by atoms with Crippen molar-refractivity contribution in [2.75, 3.05) is 7.11 Å². The fourth-order valence-electron chi connectivity index (χ4n) is 3.88. The number of fused-ring (bicyclic) bond motifs is 3. The van der Waals surface area contributed by atoms with Crippen LogP contribution in [0.1, 0.15) is 11.4 Å². The van der Waals surface area contributed by atoms with Crippen molar-refractivity contribution in [3.63, 3.8) is 0 Å². The van der Waals surface area contributed by atoms with Gasteiger partial charge in [0, 0.05) is 18.8 Å². The number of benzene rings is 1. The van der Waals surface area contributed by atoms with E-state index in [2.05, 4.69) is 20.1 Å². The molecule has 0 radical (unpaired) electrons. The summed E-state index contributed by atoms with van der Waals surface area (Å²) in [7, 11) is 1.65. The minimum Gasteiger partial charge on any atom is -0.497 e. The average molecular weight is 434 g/mol. The zero-order valence-corrected chi connectivity index (χ0v) is 17.7. The van der Waals surface area contributed by atoms with Crippen LogP contribution in [0.15, 0.2) is 83.8 Å². The Morgan fingerprint density at radius 3 is 2.33 bits per heavy atom. The molecule has 5 heterocycles. The highest BCUT2D eigenvalue weighted by Crippen LogP contribution is 2.40. The van der Waals surface area contributed by atoms with Crippen LogP contribution >= 0.6 is 0 Å². The molecule has 160 valence electrons. The van der Waals surface area contributed by atoms with Gasteiger partial charge < -0.3 is 9.15 Å². The van der Waals surface area contributed by atoms with Gasteiger partial charge in [0.15, 0.2) is 17.2 Å². The molecule has 0 aliphatic rings. The molecule has 0 aliphatic carbocycles. The maximum Gasteiger partial charge on any atom is 0.232 e. The first kappa shape index (κ1) is 19.1. The van der Waals surface area contributed by atoms with Gasteiger partial charge in [-0.1, -0.05) is 24.3 Å². The predicted octanol–water partition coefficient (Wildman–Crippen LogP) is 4.59. The number of methoxy groups -OCH3 is 1. The number of hydrogen-bond donors (Lipinski definition) is 0. The maximum absolute atomic E-state index is 6.19. The first-order valence-corrected chi connectivity index (χ1v) is 10.4. The maximum atomic E-state index is 6.19. The van der Waals surface area contributed by atoms with E-state index in [1.54, 1.807) is 30.3 Å². The van der Waals surface area contributed by atoms with Crippen molar-refractivity contribution in [3.8, 4) is 28.5 Å².